The van der Waals surface area contributed by atoms with Crippen LogP contribution in [0.15, 0.2) is 66.1 Å². The van der Waals surface area contributed by atoms with Gasteiger partial charge in [0.25, 0.3) is 0 Å². The van der Waals surface area contributed by atoms with Crippen molar-refractivity contribution in [3.63, 3.8) is 0 Å². The van der Waals surface area contributed by atoms with Gasteiger partial charge < -0.3 is 5.32 Å². The van der Waals surface area contributed by atoms with Crippen molar-refractivity contribution in [3.8, 4) is 0 Å². The number of piperidine rings is 1. The zero-order valence-corrected chi connectivity index (χ0v) is 16.6. The Labute approximate surface area is 167 Å². The summed E-state index contributed by atoms with van der Waals surface area (Å²) in [5.41, 5.74) is 2.00. The number of carbonyl (C=O) groups is 1. The topological polar surface area (TPSA) is 66.5 Å². The normalized spacial score (nSPS) is 16.3. The highest BCUT2D eigenvalue weighted by molar-refractivity contribution is 7.92. The number of nitrogens with zero attached hydrogens (tertiary/aromatic N) is 1. The lowest BCUT2D eigenvalue weighted by molar-refractivity contribution is -0.122. The standard InChI is InChI=1S/C22H26N2O3S/c25-22(12-11-19-7-3-1-4-8-19)23-21-13-16-24(17-14-21)28(26,27)18-15-20-9-5-2-6-10-20/h1-10,15,18,21H,11-14,16-17H2,(H,23,25)/b18-15+. The van der Waals surface area contributed by atoms with Crippen molar-refractivity contribution in [3.05, 3.63) is 77.2 Å². The van der Waals surface area contributed by atoms with Gasteiger partial charge in [-0.25, -0.2) is 8.42 Å². The quantitative estimate of drug-likeness (QED) is 0.779. The van der Waals surface area contributed by atoms with Gasteiger partial charge in [0.15, 0.2) is 0 Å². The molecule has 5 nitrogen and oxygen atoms in total. The maximum absolute atomic E-state index is 12.5. The van der Waals surface area contributed by atoms with Gasteiger partial charge in [0.1, 0.15) is 0 Å². The molecular weight excluding hydrogens is 372 g/mol. The van der Waals surface area contributed by atoms with E-state index in [1.54, 1.807) is 6.08 Å². The maximum Gasteiger partial charge on any atom is 0.236 e. The number of carbonyl (C=O) groups excluding carboxylic acids is 1. The molecule has 0 aliphatic carbocycles. The number of hydrogen-bond acceptors (Lipinski definition) is 3. The number of aryl methyl sites for hydroxylation is 1. The molecule has 6 heteroatoms. The molecule has 0 radical (unpaired) electrons. The van der Waals surface area contributed by atoms with E-state index < -0.39 is 10.0 Å². The van der Waals surface area contributed by atoms with Crippen LogP contribution in [0.2, 0.25) is 0 Å². The van der Waals surface area contributed by atoms with E-state index in [4.69, 9.17) is 0 Å². The Bertz CT molecular complexity index is 888. The van der Waals surface area contributed by atoms with Gasteiger partial charge in [0, 0.05) is 31.0 Å². The highest BCUT2D eigenvalue weighted by Gasteiger charge is 2.27. The third kappa shape index (κ3) is 6.04. The molecule has 28 heavy (non-hydrogen) atoms. The number of amides is 1. The SMILES string of the molecule is O=C(CCc1ccccc1)NC1CCN(S(=O)(=O)/C=C/c2ccccc2)CC1. The summed E-state index contributed by atoms with van der Waals surface area (Å²) < 4.78 is 26.5. The van der Waals surface area contributed by atoms with Crippen LogP contribution >= 0.6 is 0 Å². The zero-order chi connectivity index (χ0) is 19.8. The van der Waals surface area contributed by atoms with Crippen LogP contribution in [0.1, 0.15) is 30.4 Å². The van der Waals surface area contributed by atoms with Crippen molar-refractivity contribution in [2.45, 2.75) is 31.7 Å². The van der Waals surface area contributed by atoms with Crippen LogP contribution in [-0.2, 0) is 21.2 Å². The summed E-state index contributed by atoms with van der Waals surface area (Å²) in [6.07, 6.45) is 4.05. The molecule has 148 valence electrons. The van der Waals surface area contributed by atoms with Crippen molar-refractivity contribution in [1.82, 2.24) is 9.62 Å². The molecule has 2 aromatic rings. The number of hydrogen-bond donors (Lipinski definition) is 1. The first-order valence-corrected chi connectivity index (χ1v) is 11.1. The smallest absolute Gasteiger partial charge is 0.236 e. The van der Waals surface area contributed by atoms with Crippen LogP contribution in [0.25, 0.3) is 6.08 Å². The van der Waals surface area contributed by atoms with E-state index in [0.29, 0.717) is 38.8 Å². The van der Waals surface area contributed by atoms with Crippen LogP contribution in [0.3, 0.4) is 0 Å². The van der Waals surface area contributed by atoms with Gasteiger partial charge in [0.05, 0.1) is 0 Å². The zero-order valence-electron chi connectivity index (χ0n) is 15.8. The molecule has 3 rings (SSSR count). The van der Waals surface area contributed by atoms with E-state index in [1.807, 2.05) is 60.7 Å². The molecule has 0 bridgehead atoms. The third-order valence-corrected chi connectivity index (χ3v) is 6.46. The van der Waals surface area contributed by atoms with Gasteiger partial charge in [-0.2, -0.15) is 4.31 Å². The molecular formula is C22H26N2O3S. The Balaban J connectivity index is 1.44. The predicted octanol–water partition coefficient (Wildman–Crippen LogP) is 3.20. The van der Waals surface area contributed by atoms with Crippen molar-refractivity contribution in [1.29, 1.82) is 0 Å². The second kappa shape index (κ2) is 9.66. The van der Waals surface area contributed by atoms with Crippen LogP contribution in [0, 0.1) is 0 Å². The molecule has 2 aromatic carbocycles. The highest BCUT2D eigenvalue weighted by Crippen LogP contribution is 2.16. The summed E-state index contributed by atoms with van der Waals surface area (Å²) in [7, 11) is -3.44. The lowest BCUT2D eigenvalue weighted by atomic mass is 10.1. The van der Waals surface area contributed by atoms with Crippen molar-refractivity contribution < 1.29 is 13.2 Å². The lowest BCUT2D eigenvalue weighted by Crippen LogP contribution is -2.46. The van der Waals surface area contributed by atoms with Gasteiger partial charge >= 0.3 is 0 Å². The third-order valence-electron chi connectivity index (χ3n) is 4.89. The molecule has 0 aromatic heterocycles. The molecule has 1 heterocycles. The fourth-order valence-electron chi connectivity index (χ4n) is 3.27. The Morgan fingerprint density at radius 1 is 1.00 bits per heavy atom. The van der Waals surface area contributed by atoms with Crippen molar-refractivity contribution in [2.75, 3.05) is 13.1 Å². The van der Waals surface area contributed by atoms with Crippen molar-refractivity contribution >= 4 is 22.0 Å². The first kappa shape index (κ1) is 20.3. The van der Waals surface area contributed by atoms with Gasteiger partial charge in [-0.05, 0) is 36.5 Å². The minimum atomic E-state index is -3.44. The summed E-state index contributed by atoms with van der Waals surface area (Å²) in [6, 6.07) is 19.3. The summed E-state index contributed by atoms with van der Waals surface area (Å²) >= 11 is 0. The van der Waals surface area contributed by atoms with Crippen molar-refractivity contribution in [2.24, 2.45) is 0 Å². The summed E-state index contributed by atoms with van der Waals surface area (Å²) in [5.74, 6) is 0.0223. The van der Waals surface area contributed by atoms with Gasteiger partial charge in [-0.15, -0.1) is 0 Å². The summed E-state index contributed by atoms with van der Waals surface area (Å²) in [5, 5.41) is 4.31. The van der Waals surface area contributed by atoms with E-state index in [2.05, 4.69) is 5.32 Å². The fourth-order valence-corrected chi connectivity index (χ4v) is 4.49. The molecule has 1 amide bonds. The van der Waals surface area contributed by atoms with E-state index in [-0.39, 0.29) is 11.9 Å². The first-order chi connectivity index (χ1) is 13.5. The van der Waals surface area contributed by atoms with Crippen LogP contribution in [0.5, 0.6) is 0 Å². The molecule has 0 atom stereocenters. The van der Waals surface area contributed by atoms with Crippen LogP contribution in [0.4, 0.5) is 0 Å². The van der Waals surface area contributed by atoms with E-state index in [0.717, 1.165) is 11.1 Å². The minimum absolute atomic E-state index is 0.0223. The Kier molecular flexibility index (Phi) is 7.01. The monoisotopic (exact) mass is 398 g/mol. The maximum atomic E-state index is 12.5. The highest BCUT2D eigenvalue weighted by atomic mass is 32.2. The van der Waals surface area contributed by atoms with E-state index in [1.165, 1.54) is 9.71 Å². The number of nitrogens with one attached hydrogen (secondary N) is 1. The number of benzene rings is 2. The predicted molar refractivity (Wildman–Crippen MR) is 112 cm³/mol. The average molecular weight is 399 g/mol. The molecule has 1 aliphatic rings. The second-order valence-corrected chi connectivity index (χ2v) is 8.80. The van der Waals surface area contributed by atoms with E-state index >= 15 is 0 Å². The number of rotatable bonds is 7. The van der Waals surface area contributed by atoms with Crippen LogP contribution in [-0.4, -0.2) is 37.8 Å². The average Bonchev–Trinajstić information content (AvgIpc) is 2.73. The Morgan fingerprint density at radius 3 is 2.25 bits per heavy atom. The minimum Gasteiger partial charge on any atom is -0.353 e. The first-order valence-electron chi connectivity index (χ1n) is 9.59. The Hall–Kier alpha value is -2.44. The van der Waals surface area contributed by atoms with Gasteiger partial charge in [-0.1, -0.05) is 60.7 Å². The largest absolute Gasteiger partial charge is 0.353 e. The molecule has 1 aliphatic heterocycles. The summed E-state index contributed by atoms with van der Waals surface area (Å²) in [4.78, 5) is 12.2. The molecule has 0 spiro atoms. The van der Waals surface area contributed by atoms with Gasteiger partial charge in [-0.3, -0.25) is 4.79 Å². The van der Waals surface area contributed by atoms with Crippen LogP contribution < -0.4 is 5.32 Å². The second-order valence-electron chi connectivity index (χ2n) is 6.98. The molecule has 1 N–H and O–H groups in total. The van der Waals surface area contributed by atoms with E-state index in [9.17, 15) is 13.2 Å². The molecule has 1 saturated heterocycles. The number of sulfonamides is 1. The molecule has 1 fully saturated rings. The van der Waals surface area contributed by atoms with Gasteiger partial charge in [0.2, 0.25) is 15.9 Å². The summed E-state index contributed by atoms with van der Waals surface area (Å²) in [6.45, 7) is 0.843. The molecule has 0 saturated carbocycles. The fraction of sp³-hybridized carbons (Fsp3) is 0.318. The molecule has 0 unspecified atom stereocenters. The Morgan fingerprint density at radius 2 is 1.61 bits per heavy atom. The lowest BCUT2D eigenvalue weighted by Gasteiger charge is -2.30.